The van der Waals surface area contributed by atoms with E-state index in [0.717, 1.165) is 23.1 Å². The van der Waals surface area contributed by atoms with Gasteiger partial charge in [-0.2, -0.15) is 0 Å². The maximum atomic E-state index is 4.97. The quantitative estimate of drug-likeness (QED) is 0.481. The number of benzene rings is 2. The van der Waals surface area contributed by atoms with Gasteiger partial charge in [-0.3, -0.25) is 4.98 Å². The number of para-hydroxylation sites is 1. The molecule has 0 saturated carbocycles. The smallest absolute Gasteiger partial charge is 0.118 e. The fourth-order valence-electron chi connectivity index (χ4n) is 4.24. The minimum atomic E-state index is 0.828. The first-order valence-corrected chi connectivity index (χ1v) is 11.9. The number of ether oxygens (including phenoxy) is 1. The van der Waals surface area contributed by atoms with E-state index >= 15 is 0 Å². The van der Waals surface area contributed by atoms with Crippen LogP contribution in [0.1, 0.15) is 50.9 Å². The third-order valence-electron chi connectivity index (χ3n) is 5.85. The Kier molecular flexibility index (Phi) is 10.5. The van der Waals surface area contributed by atoms with Crippen LogP contribution in [0.3, 0.4) is 0 Å². The number of nitrogens with zero attached hydrogens (tertiary/aromatic N) is 1. The normalized spacial score (nSPS) is 18.5. The van der Waals surface area contributed by atoms with Gasteiger partial charge in [0.1, 0.15) is 5.75 Å². The van der Waals surface area contributed by atoms with E-state index in [0.29, 0.717) is 0 Å². The first kappa shape index (κ1) is 24.9. The summed E-state index contributed by atoms with van der Waals surface area (Å²) in [7, 11) is 1.67. The highest BCUT2D eigenvalue weighted by molar-refractivity contribution is 5.79. The molecule has 0 radical (unpaired) electrons. The summed E-state index contributed by atoms with van der Waals surface area (Å²) >= 11 is 0. The van der Waals surface area contributed by atoms with Crippen LogP contribution >= 0.6 is 0 Å². The van der Waals surface area contributed by atoms with E-state index in [-0.39, 0.29) is 0 Å². The molecule has 1 fully saturated rings. The van der Waals surface area contributed by atoms with Crippen molar-refractivity contribution in [3.05, 3.63) is 71.4 Å². The van der Waals surface area contributed by atoms with Gasteiger partial charge in [0.05, 0.1) is 12.6 Å². The molecule has 1 saturated heterocycles. The van der Waals surface area contributed by atoms with Gasteiger partial charge >= 0.3 is 0 Å². The van der Waals surface area contributed by atoms with E-state index in [1.165, 1.54) is 54.6 Å². The Bertz CT molecular complexity index is 852. The Morgan fingerprint density at radius 1 is 0.903 bits per heavy atom. The molecule has 0 bridgehead atoms. The number of hydrogen-bond donors (Lipinski definition) is 1. The van der Waals surface area contributed by atoms with Gasteiger partial charge in [0, 0.05) is 11.1 Å². The SMILES string of the molecule is CC.CC.COc1ccc(C)cc1.c1ccc2nc3c(cc2c1)CC1CNCCC1C3. The van der Waals surface area contributed by atoms with E-state index in [1.807, 2.05) is 52.0 Å². The highest BCUT2D eigenvalue weighted by atomic mass is 16.5. The molecule has 5 rings (SSSR count). The maximum Gasteiger partial charge on any atom is 0.118 e. The van der Waals surface area contributed by atoms with Crippen LogP contribution in [-0.2, 0) is 12.8 Å². The lowest BCUT2D eigenvalue weighted by molar-refractivity contribution is 0.235. The van der Waals surface area contributed by atoms with Gasteiger partial charge in [0.2, 0.25) is 0 Å². The molecule has 1 N–H and O–H groups in total. The summed E-state index contributed by atoms with van der Waals surface area (Å²) in [4.78, 5) is 4.89. The van der Waals surface area contributed by atoms with Crippen molar-refractivity contribution in [2.45, 2.75) is 53.9 Å². The molecule has 2 heterocycles. The number of fused-ring (bicyclic) bond motifs is 3. The van der Waals surface area contributed by atoms with Crippen LogP contribution in [0.5, 0.6) is 5.75 Å². The van der Waals surface area contributed by atoms with Gasteiger partial charge in [0.25, 0.3) is 0 Å². The number of aryl methyl sites for hydroxylation is 1. The van der Waals surface area contributed by atoms with Crippen molar-refractivity contribution >= 4 is 10.9 Å². The van der Waals surface area contributed by atoms with Crippen molar-refractivity contribution in [3.8, 4) is 5.75 Å². The van der Waals surface area contributed by atoms with E-state index in [9.17, 15) is 0 Å². The molecule has 2 aromatic carbocycles. The van der Waals surface area contributed by atoms with Crippen molar-refractivity contribution in [2.24, 2.45) is 11.8 Å². The predicted octanol–water partition coefficient (Wildman–Crippen LogP) is 6.62. The molecule has 31 heavy (non-hydrogen) atoms. The van der Waals surface area contributed by atoms with Crippen LogP contribution in [0.2, 0.25) is 0 Å². The number of methoxy groups -OCH3 is 1. The van der Waals surface area contributed by atoms with Crippen LogP contribution in [0.25, 0.3) is 10.9 Å². The molecule has 1 aliphatic heterocycles. The third-order valence-corrected chi connectivity index (χ3v) is 5.85. The van der Waals surface area contributed by atoms with Crippen molar-refractivity contribution in [1.29, 1.82) is 0 Å². The highest BCUT2D eigenvalue weighted by Gasteiger charge is 2.31. The topological polar surface area (TPSA) is 34.1 Å². The van der Waals surface area contributed by atoms with Crippen LogP contribution in [0, 0.1) is 18.8 Å². The van der Waals surface area contributed by atoms with Gasteiger partial charge in [-0.15, -0.1) is 0 Å². The second-order valence-corrected chi connectivity index (χ2v) is 7.73. The lowest BCUT2D eigenvalue weighted by Gasteiger charge is -2.36. The van der Waals surface area contributed by atoms with E-state index in [4.69, 9.17) is 9.72 Å². The summed E-state index contributed by atoms with van der Waals surface area (Å²) in [5, 5.41) is 4.82. The molecule has 0 spiro atoms. The maximum absolute atomic E-state index is 4.97. The molecule has 3 aromatic rings. The largest absolute Gasteiger partial charge is 0.497 e. The van der Waals surface area contributed by atoms with E-state index in [2.05, 4.69) is 42.6 Å². The van der Waals surface area contributed by atoms with Crippen LogP contribution in [0.4, 0.5) is 0 Å². The second kappa shape index (κ2) is 13.1. The molecule has 3 nitrogen and oxygen atoms in total. The number of piperidine rings is 1. The van der Waals surface area contributed by atoms with Gasteiger partial charge in [-0.05, 0) is 80.9 Å². The summed E-state index contributed by atoms with van der Waals surface area (Å²) < 4.78 is 4.97. The molecule has 168 valence electrons. The Labute approximate surface area is 189 Å². The minimum absolute atomic E-state index is 0.828. The third kappa shape index (κ3) is 6.80. The molecule has 2 aliphatic rings. The predicted molar refractivity (Wildman–Crippen MR) is 134 cm³/mol. The molecule has 1 aliphatic carbocycles. The number of aromatic nitrogens is 1. The van der Waals surface area contributed by atoms with Crippen LogP contribution in [-0.4, -0.2) is 25.2 Å². The first-order valence-electron chi connectivity index (χ1n) is 11.9. The summed E-state index contributed by atoms with van der Waals surface area (Å²) in [6.45, 7) is 12.4. The lowest BCUT2D eigenvalue weighted by atomic mass is 9.74. The lowest BCUT2D eigenvalue weighted by Crippen LogP contribution is -2.41. The molecule has 2 unspecified atom stereocenters. The summed E-state index contributed by atoms with van der Waals surface area (Å²) in [6.07, 6.45) is 3.72. The van der Waals surface area contributed by atoms with E-state index in [1.54, 1.807) is 7.11 Å². The summed E-state index contributed by atoms with van der Waals surface area (Å²) in [6, 6.07) is 18.8. The Hall–Kier alpha value is -2.39. The molecule has 3 heteroatoms. The number of rotatable bonds is 1. The second-order valence-electron chi connectivity index (χ2n) is 7.73. The molecule has 0 amide bonds. The zero-order chi connectivity index (χ0) is 22.6. The standard InChI is InChI=1S/C16H18N2.C8H10O.2C2H6/c1-2-4-15-12(3-1)7-13-8-14-10-17-6-5-11(14)9-16(13)18-15;1-7-3-5-8(9-2)6-4-7;2*1-2/h1-4,7,11,14,17H,5-6,8-10H2;3-6H,1-2H3;2*1-2H3. The number of pyridine rings is 1. The fourth-order valence-corrected chi connectivity index (χ4v) is 4.24. The van der Waals surface area contributed by atoms with Crippen molar-refractivity contribution < 1.29 is 4.74 Å². The average molecular weight is 421 g/mol. The molecular formula is C28H40N2O. The first-order chi connectivity index (χ1) is 15.2. The van der Waals surface area contributed by atoms with Gasteiger partial charge < -0.3 is 10.1 Å². The highest BCUT2D eigenvalue weighted by Crippen LogP contribution is 2.34. The minimum Gasteiger partial charge on any atom is -0.497 e. The Morgan fingerprint density at radius 2 is 1.61 bits per heavy atom. The zero-order valence-electron chi connectivity index (χ0n) is 20.2. The number of nitrogens with one attached hydrogen (secondary N) is 1. The van der Waals surface area contributed by atoms with Crippen molar-refractivity contribution in [2.75, 3.05) is 20.2 Å². The fraction of sp³-hybridized carbons (Fsp3) is 0.464. The molecular weight excluding hydrogens is 380 g/mol. The van der Waals surface area contributed by atoms with Crippen LogP contribution < -0.4 is 10.1 Å². The monoisotopic (exact) mass is 420 g/mol. The van der Waals surface area contributed by atoms with Crippen LogP contribution in [0.15, 0.2) is 54.6 Å². The van der Waals surface area contributed by atoms with Crippen molar-refractivity contribution in [1.82, 2.24) is 10.3 Å². The van der Waals surface area contributed by atoms with Gasteiger partial charge in [-0.25, -0.2) is 0 Å². The van der Waals surface area contributed by atoms with Gasteiger partial charge in [-0.1, -0.05) is 63.6 Å². The number of hydrogen-bond acceptors (Lipinski definition) is 3. The van der Waals surface area contributed by atoms with Crippen molar-refractivity contribution in [3.63, 3.8) is 0 Å². The zero-order valence-corrected chi connectivity index (χ0v) is 20.2. The van der Waals surface area contributed by atoms with E-state index < -0.39 is 0 Å². The van der Waals surface area contributed by atoms with Gasteiger partial charge in [0.15, 0.2) is 0 Å². The summed E-state index contributed by atoms with van der Waals surface area (Å²) in [5.41, 5.74) is 5.26. The molecule has 1 aromatic heterocycles. The average Bonchev–Trinajstić information content (AvgIpc) is 2.85. The summed E-state index contributed by atoms with van der Waals surface area (Å²) in [5.74, 6) is 2.60. The Balaban J connectivity index is 0.000000223. The molecule has 2 atom stereocenters. The Morgan fingerprint density at radius 3 is 2.32 bits per heavy atom.